The van der Waals surface area contributed by atoms with E-state index in [-0.39, 0.29) is 11.7 Å². The Bertz CT molecular complexity index is 1130. The van der Waals surface area contributed by atoms with Crippen molar-refractivity contribution in [1.29, 1.82) is 0 Å². The number of carbonyl (C=O) groups excluding carboxylic acids is 1. The lowest BCUT2D eigenvalue weighted by atomic mass is 10.2. The number of ether oxygens (including phenoxy) is 1. The van der Waals surface area contributed by atoms with Crippen LogP contribution in [0.5, 0.6) is 5.75 Å². The van der Waals surface area contributed by atoms with Crippen molar-refractivity contribution in [3.05, 3.63) is 71.1 Å². The van der Waals surface area contributed by atoms with Crippen LogP contribution in [-0.2, 0) is 0 Å². The molecule has 5 nitrogen and oxygen atoms in total. The maximum absolute atomic E-state index is 13.1. The van der Waals surface area contributed by atoms with Crippen LogP contribution in [0.25, 0.3) is 16.2 Å². The molecule has 7 heteroatoms. The Morgan fingerprint density at radius 1 is 1.19 bits per heavy atom. The highest BCUT2D eigenvalue weighted by Gasteiger charge is 2.19. The van der Waals surface area contributed by atoms with Crippen LogP contribution in [-0.4, -0.2) is 22.4 Å². The number of hydrogen-bond donors (Lipinski definition) is 1. The second-order valence-corrected chi connectivity index (χ2v) is 6.93. The summed E-state index contributed by atoms with van der Waals surface area (Å²) in [7, 11) is 1.56. The Labute approximate surface area is 159 Å². The van der Waals surface area contributed by atoms with Gasteiger partial charge in [0.05, 0.1) is 18.5 Å². The van der Waals surface area contributed by atoms with Crippen LogP contribution in [0.3, 0.4) is 0 Å². The molecule has 1 amide bonds. The Balaban J connectivity index is 1.65. The molecule has 0 aliphatic carbocycles. The first-order valence-electron chi connectivity index (χ1n) is 8.25. The van der Waals surface area contributed by atoms with E-state index in [1.54, 1.807) is 31.4 Å². The lowest BCUT2D eigenvalue weighted by molar-refractivity contribution is 0.102. The molecule has 4 rings (SSSR count). The van der Waals surface area contributed by atoms with Crippen molar-refractivity contribution in [1.82, 2.24) is 9.38 Å². The van der Waals surface area contributed by atoms with Gasteiger partial charge >= 0.3 is 0 Å². The molecule has 0 aliphatic rings. The molecule has 0 atom stereocenters. The number of carbonyl (C=O) groups is 1. The Morgan fingerprint density at radius 2 is 1.93 bits per heavy atom. The lowest BCUT2D eigenvalue weighted by Crippen LogP contribution is -2.12. The summed E-state index contributed by atoms with van der Waals surface area (Å²) in [6.07, 6.45) is 1.86. The maximum atomic E-state index is 13.1. The molecule has 2 aromatic heterocycles. The maximum Gasteiger partial charge on any atom is 0.267 e. The molecule has 27 heavy (non-hydrogen) atoms. The predicted molar refractivity (Wildman–Crippen MR) is 104 cm³/mol. The van der Waals surface area contributed by atoms with Crippen LogP contribution in [0.2, 0.25) is 0 Å². The smallest absolute Gasteiger partial charge is 0.267 e. The number of fused-ring (bicyclic) bond motifs is 1. The minimum Gasteiger partial charge on any atom is -0.495 e. The second-order valence-electron chi connectivity index (χ2n) is 5.96. The number of aryl methyl sites for hydroxylation is 1. The van der Waals surface area contributed by atoms with Crippen LogP contribution in [0.15, 0.2) is 54.7 Å². The van der Waals surface area contributed by atoms with E-state index >= 15 is 0 Å². The molecule has 0 radical (unpaired) electrons. The van der Waals surface area contributed by atoms with Crippen molar-refractivity contribution >= 4 is 27.9 Å². The summed E-state index contributed by atoms with van der Waals surface area (Å²) >= 11 is 1.31. The Hall–Kier alpha value is -3.19. The molecule has 1 N–H and O–H groups in total. The summed E-state index contributed by atoms with van der Waals surface area (Å²) < 4.78 is 20.3. The third kappa shape index (κ3) is 3.17. The van der Waals surface area contributed by atoms with Gasteiger partial charge in [-0.15, -0.1) is 0 Å². The van der Waals surface area contributed by atoms with E-state index in [4.69, 9.17) is 4.74 Å². The zero-order valence-electron chi connectivity index (χ0n) is 14.7. The van der Waals surface area contributed by atoms with E-state index in [1.165, 1.54) is 23.5 Å². The highest BCUT2D eigenvalue weighted by Crippen LogP contribution is 2.29. The molecule has 4 aromatic rings. The van der Waals surface area contributed by atoms with Gasteiger partial charge in [0, 0.05) is 17.5 Å². The third-order valence-electron chi connectivity index (χ3n) is 4.26. The molecule has 136 valence electrons. The predicted octanol–water partition coefficient (Wildman–Crippen LogP) is 4.77. The summed E-state index contributed by atoms with van der Waals surface area (Å²) in [5.74, 6) is 0.102. The number of rotatable bonds is 4. The fourth-order valence-corrected chi connectivity index (χ4v) is 3.85. The molecular formula is C20H16FN3O2S. The van der Waals surface area contributed by atoms with Crippen molar-refractivity contribution in [2.75, 3.05) is 12.4 Å². The van der Waals surface area contributed by atoms with Crippen molar-refractivity contribution in [3.8, 4) is 17.0 Å². The van der Waals surface area contributed by atoms with E-state index in [0.29, 0.717) is 21.3 Å². The summed E-state index contributed by atoms with van der Waals surface area (Å²) in [6.45, 7) is 1.87. The molecule has 0 bridgehead atoms. The largest absolute Gasteiger partial charge is 0.495 e. The normalized spacial score (nSPS) is 10.9. The zero-order valence-corrected chi connectivity index (χ0v) is 15.5. The molecule has 2 aromatic carbocycles. The fourth-order valence-electron chi connectivity index (χ4n) is 2.85. The first-order valence-corrected chi connectivity index (χ1v) is 9.07. The number of imidazole rings is 1. The van der Waals surface area contributed by atoms with Crippen molar-refractivity contribution < 1.29 is 13.9 Å². The van der Waals surface area contributed by atoms with Crippen LogP contribution in [0.4, 0.5) is 10.1 Å². The molecule has 0 aliphatic heterocycles. The third-order valence-corrected chi connectivity index (χ3v) is 5.41. The number of aromatic nitrogens is 2. The molecular weight excluding hydrogens is 365 g/mol. The van der Waals surface area contributed by atoms with Gasteiger partial charge in [-0.1, -0.05) is 23.5 Å². The standard InChI is InChI=1S/C20H16FN3O2S/c1-12-18(19(25)22-15-5-3-4-6-17(15)26-2)27-20-23-16(11-24(12)20)13-7-9-14(21)10-8-13/h3-11H,1-2H3,(H,22,25). The number of anilines is 1. The number of halogens is 1. The average molecular weight is 381 g/mol. The first kappa shape index (κ1) is 17.2. The number of amides is 1. The number of nitrogens with zero attached hydrogens (tertiary/aromatic N) is 2. The van der Waals surface area contributed by atoms with Crippen molar-refractivity contribution in [2.24, 2.45) is 0 Å². The summed E-state index contributed by atoms with van der Waals surface area (Å²) in [4.78, 5) is 18.6. The fraction of sp³-hybridized carbons (Fsp3) is 0.100. The van der Waals surface area contributed by atoms with Crippen molar-refractivity contribution in [3.63, 3.8) is 0 Å². The molecule has 0 spiro atoms. The van der Waals surface area contributed by atoms with Crippen molar-refractivity contribution in [2.45, 2.75) is 6.92 Å². The van der Waals surface area contributed by atoms with Gasteiger partial charge < -0.3 is 10.1 Å². The lowest BCUT2D eigenvalue weighted by Gasteiger charge is -2.09. The van der Waals surface area contributed by atoms with Crippen LogP contribution in [0.1, 0.15) is 15.4 Å². The SMILES string of the molecule is COc1ccccc1NC(=O)c1sc2nc(-c3ccc(F)cc3)cn2c1C. The van der Waals surface area contributed by atoms with Crippen LogP contribution in [0, 0.1) is 12.7 Å². The Morgan fingerprint density at radius 3 is 2.63 bits per heavy atom. The van der Waals surface area contributed by atoms with E-state index in [2.05, 4.69) is 10.3 Å². The van der Waals surface area contributed by atoms with Gasteiger partial charge in [-0.05, 0) is 43.3 Å². The summed E-state index contributed by atoms with van der Waals surface area (Å²) in [5, 5.41) is 2.89. The van der Waals surface area contributed by atoms with Crippen LogP contribution >= 0.6 is 11.3 Å². The zero-order chi connectivity index (χ0) is 19.0. The topological polar surface area (TPSA) is 55.6 Å². The number of benzene rings is 2. The van der Waals surface area contributed by atoms with Gasteiger partial charge in [-0.3, -0.25) is 9.20 Å². The monoisotopic (exact) mass is 381 g/mol. The van der Waals surface area contributed by atoms with Gasteiger partial charge in [0.15, 0.2) is 4.96 Å². The molecule has 0 fully saturated rings. The summed E-state index contributed by atoms with van der Waals surface area (Å²) in [6, 6.07) is 13.4. The Kier molecular flexibility index (Phi) is 4.37. The van der Waals surface area contributed by atoms with E-state index in [1.807, 2.05) is 29.7 Å². The first-order chi connectivity index (χ1) is 13.1. The number of methoxy groups -OCH3 is 1. The number of para-hydroxylation sites is 2. The highest BCUT2D eigenvalue weighted by molar-refractivity contribution is 7.19. The highest BCUT2D eigenvalue weighted by atomic mass is 32.1. The van der Waals surface area contributed by atoms with Crippen LogP contribution < -0.4 is 10.1 Å². The second kappa shape index (κ2) is 6.85. The average Bonchev–Trinajstić information content (AvgIpc) is 3.22. The van der Waals surface area contributed by atoms with Gasteiger partial charge in [0.25, 0.3) is 5.91 Å². The van der Waals surface area contributed by atoms with Gasteiger partial charge in [0.1, 0.15) is 16.4 Å². The van der Waals surface area contributed by atoms with E-state index < -0.39 is 0 Å². The minimum atomic E-state index is -0.286. The summed E-state index contributed by atoms with van der Waals surface area (Å²) in [5.41, 5.74) is 2.97. The molecule has 0 saturated heterocycles. The number of thiazole rings is 1. The van der Waals surface area contributed by atoms with Gasteiger partial charge in [0.2, 0.25) is 0 Å². The minimum absolute atomic E-state index is 0.212. The van der Waals surface area contributed by atoms with Gasteiger partial charge in [-0.25, -0.2) is 9.37 Å². The van der Waals surface area contributed by atoms with Gasteiger partial charge in [-0.2, -0.15) is 0 Å². The van der Waals surface area contributed by atoms with E-state index in [0.717, 1.165) is 17.0 Å². The number of hydrogen-bond acceptors (Lipinski definition) is 4. The molecule has 2 heterocycles. The molecule has 0 saturated carbocycles. The molecule has 0 unspecified atom stereocenters. The number of nitrogens with one attached hydrogen (secondary N) is 1. The van der Waals surface area contributed by atoms with E-state index in [9.17, 15) is 9.18 Å². The quantitative estimate of drug-likeness (QED) is 0.554.